The number of carbonyl (C=O) groups is 1. The Morgan fingerprint density at radius 3 is 2.69 bits per heavy atom. The smallest absolute Gasteiger partial charge is 0.307 e. The van der Waals surface area contributed by atoms with Gasteiger partial charge in [0.15, 0.2) is 0 Å². The van der Waals surface area contributed by atoms with E-state index in [-0.39, 0.29) is 0 Å². The van der Waals surface area contributed by atoms with E-state index in [2.05, 4.69) is 4.98 Å². The van der Waals surface area contributed by atoms with E-state index in [9.17, 15) is 18.0 Å². The summed E-state index contributed by atoms with van der Waals surface area (Å²) in [5.41, 5.74) is -2.18. The van der Waals surface area contributed by atoms with E-state index in [1.54, 1.807) is 0 Å². The highest BCUT2D eigenvalue weighted by Gasteiger charge is 2.22. The van der Waals surface area contributed by atoms with Gasteiger partial charge in [-0.3, -0.25) is 9.78 Å². The molecule has 0 aliphatic rings. The fourth-order valence-electron chi connectivity index (χ4n) is 1.16. The lowest BCUT2D eigenvalue weighted by Gasteiger charge is -2.07. The summed E-state index contributed by atoms with van der Waals surface area (Å²) >= 11 is 0. The van der Waals surface area contributed by atoms with E-state index in [1.165, 1.54) is 6.07 Å². The van der Waals surface area contributed by atoms with Crippen LogP contribution in [-0.4, -0.2) is 16.1 Å². The Balaban J connectivity index is 3.39. The second-order valence-electron chi connectivity index (χ2n) is 2.83. The highest BCUT2D eigenvalue weighted by molar-refractivity contribution is 5.71. The molecule has 0 radical (unpaired) electrons. The van der Waals surface area contributed by atoms with Crippen molar-refractivity contribution in [1.29, 1.82) is 5.26 Å². The first-order chi connectivity index (χ1) is 7.47. The summed E-state index contributed by atoms with van der Waals surface area (Å²) in [5.74, 6) is -2.50. The third kappa shape index (κ3) is 2.28. The van der Waals surface area contributed by atoms with E-state index in [0.717, 1.165) is 0 Å². The Morgan fingerprint density at radius 2 is 2.25 bits per heavy atom. The molecule has 4 nitrogen and oxygen atoms in total. The lowest BCUT2D eigenvalue weighted by Crippen LogP contribution is -2.09. The first kappa shape index (κ1) is 12.0. The number of nitrogens with zero attached hydrogens (tertiary/aromatic N) is 2. The minimum absolute atomic E-state index is 0.487. The molecule has 0 atom stereocenters. The van der Waals surface area contributed by atoms with Crippen LogP contribution in [0.1, 0.15) is 23.2 Å². The summed E-state index contributed by atoms with van der Waals surface area (Å²) in [5, 5.41) is 17.1. The van der Waals surface area contributed by atoms with E-state index in [1.807, 2.05) is 0 Å². The Morgan fingerprint density at radius 1 is 1.62 bits per heavy atom. The summed E-state index contributed by atoms with van der Waals surface area (Å²) in [6.07, 6.45) is -3.40. The maximum absolute atomic E-state index is 13.1. The van der Waals surface area contributed by atoms with Crippen LogP contribution in [0.2, 0.25) is 0 Å². The molecule has 0 aromatic carbocycles. The normalized spacial score (nSPS) is 10.2. The molecule has 1 rings (SSSR count). The van der Waals surface area contributed by atoms with Crippen LogP contribution in [0.25, 0.3) is 0 Å². The van der Waals surface area contributed by atoms with Crippen molar-refractivity contribution in [2.45, 2.75) is 12.8 Å². The number of aliphatic carboxylic acids is 1. The zero-order valence-electron chi connectivity index (χ0n) is 7.75. The zero-order valence-corrected chi connectivity index (χ0v) is 7.75. The summed E-state index contributed by atoms with van der Waals surface area (Å²) in [7, 11) is 0. The molecular formula is C9H5F3N2O2. The summed E-state index contributed by atoms with van der Waals surface area (Å²) in [6.45, 7) is 0. The molecular weight excluding hydrogens is 225 g/mol. The number of alkyl halides is 2. The molecule has 0 unspecified atom stereocenters. The highest BCUT2D eigenvalue weighted by Crippen LogP contribution is 2.24. The van der Waals surface area contributed by atoms with Gasteiger partial charge in [0.2, 0.25) is 0 Å². The fourth-order valence-corrected chi connectivity index (χ4v) is 1.16. The summed E-state index contributed by atoms with van der Waals surface area (Å²) in [4.78, 5) is 13.5. The van der Waals surface area contributed by atoms with Gasteiger partial charge in [-0.05, 0) is 0 Å². The predicted octanol–water partition coefficient (Wildman–Crippen LogP) is 1.66. The molecule has 7 heteroatoms. The maximum atomic E-state index is 13.1. The monoisotopic (exact) mass is 230 g/mol. The van der Waals surface area contributed by atoms with Crippen LogP contribution < -0.4 is 0 Å². The maximum Gasteiger partial charge on any atom is 0.307 e. The van der Waals surface area contributed by atoms with Gasteiger partial charge in [-0.25, -0.2) is 13.2 Å². The SMILES string of the molecule is N#Cc1c(C(F)F)ncc(F)c1CC(=O)O. The van der Waals surface area contributed by atoms with Gasteiger partial charge in [-0.15, -0.1) is 0 Å². The number of pyridine rings is 1. The molecule has 1 aromatic rings. The minimum atomic E-state index is -3.05. The van der Waals surface area contributed by atoms with Gasteiger partial charge in [-0.1, -0.05) is 0 Å². The first-order valence-corrected chi connectivity index (χ1v) is 4.04. The van der Waals surface area contributed by atoms with Crippen LogP contribution in [0, 0.1) is 17.1 Å². The first-order valence-electron chi connectivity index (χ1n) is 4.04. The molecule has 0 amide bonds. The van der Waals surface area contributed by atoms with Gasteiger partial charge >= 0.3 is 5.97 Å². The number of hydrogen-bond donors (Lipinski definition) is 1. The zero-order chi connectivity index (χ0) is 12.3. The Labute approximate surface area is 88.0 Å². The number of nitriles is 1. The molecule has 0 bridgehead atoms. The number of carboxylic acids is 1. The highest BCUT2D eigenvalue weighted by atomic mass is 19.3. The van der Waals surface area contributed by atoms with E-state index < -0.39 is 41.5 Å². The van der Waals surface area contributed by atoms with Crippen LogP contribution >= 0.6 is 0 Å². The van der Waals surface area contributed by atoms with E-state index >= 15 is 0 Å². The number of rotatable bonds is 3. The third-order valence-corrected chi connectivity index (χ3v) is 1.81. The Kier molecular flexibility index (Phi) is 3.45. The van der Waals surface area contributed by atoms with Crippen molar-refractivity contribution >= 4 is 5.97 Å². The lowest BCUT2D eigenvalue weighted by atomic mass is 10.0. The Hall–Kier alpha value is -2.10. The molecule has 84 valence electrons. The van der Waals surface area contributed by atoms with Gasteiger partial charge in [0.25, 0.3) is 6.43 Å². The van der Waals surface area contributed by atoms with Crippen molar-refractivity contribution in [3.8, 4) is 6.07 Å². The average Bonchev–Trinajstić information content (AvgIpc) is 2.19. The van der Waals surface area contributed by atoms with Crippen LogP contribution in [0.5, 0.6) is 0 Å². The van der Waals surface area contributed by atoms with Crippen molar-refractivity contribution in [3.63, 3.8) is 0 Å². The number of hydrogen-bond acceptors (Lipinski definition) is 3. The Bertz CT molecular complexity index is 469. The number of halogens is 3. The van der Waals surface area contributed by atoms with Crippen LogP contribution in [-0.2, 0) is 11.2 Å². The fraction of sp³-hybridized carbons (Fsp3) is 0.222. The topological polar surface area (TPSA) is 74.0 Å². The number of aromatic nitrogens is 1. The second kappa shape index (κ2) is 4.61. The van der Waals surface area contributed by atoms with Crippen LogP contribution in [0.3, 0.4) is 0 Å². The summed E-state index contributed by atoms with van der Waals surface area (Å²) < 4.78 is 37.9. The molecule has 1 heterocycles. The second-order valence-corrected chi connectivity index (χ2v) is 2.83. The molecule has 1 aromatic heterocycles. The van der Waals surface area contributed by atoms with Crippen molar-refractivity contribution in [2.75, 3.05) is 0 Å². The van der Waals surface area contributed by atoms with Gasteiger partial charge in [-0.2, -0.15) is 5.26 Å². The minimum Gasteiger partial charge on any atom is -0.481 e. The largest absolute Gasteiger partial charge is 0.481 e. The van der Waals surface area contributed by atoms with E-state index in [4.69, 9.17) is 10.4 Å². The molecule has 0 spiro atoms. The molecule has 0 aliphatic carbocycles. The average molecular weight is 230 g/mol. The number of carboxylic acid groups (broad SMARTS) is 1. The molecule has 0 saturated carbocycles. The molecule has 16 heavy (non-hydrogen) atoms. The van der Waals surface area contributed by atoms with Crippen molar-refractivity contribution in [3.05, 3.63) is 28.8 Å². The molecule has 0 saturated heterocycles. The van der Waals surface area contributed by atoms with Crippen LogP contribution in [0.15, 0.2) is 6.20 Å². The predicted molar refractivity (Wildman–Crippen MR) is 45.2 cm³/mol. The quantitative estimate of drug-likeness (QED) is 0.856. The third-order valence-electron chi connectivity index (χ3n) is 1.81. The van der Waals surface area contributed by atoms with Gasteiger partial charge in [0.05, 0.1) is 18.2 Å². The van der Waals surface area contributed by atoms with Crippen molar-refractivity contribution in [1.82, 2.24) is 4.98 Å². The molecule has 0 fully saturated rings. The van der Waals surface area contributed by atoms with Gasteiger partial charge in [0.1, 0.15) is 17.6 Å². The van der Waals surface area contributed by atoms with E-state index in [0.29, 0.717) is 6.20 Å². The van der Waals surface area contributed by atoms with Crippen molar-refractivity contribution < 1.29 is 23.1 Å². The van der Waals surface area contributed by atoms with Crippen LogP contribution in [0.4, 0.5) is 13.2 Å². The lowest BCUT2D eigenvalue weighted by molar-refractivity contribution is -0.136. The standard InChI is InChI=1S/C9H5F3N2O2/c10-6-3-14-8(9(11)12)5(2-13)4(6)1-7(15)16/h3,9H,1H2,(H,15,16). The molecule has 0 aliphatic heterocycles. The van der Waals surface area contributed by atoms with Gasteiger partial charge < -0.3 is 5.11 Å². The summed E-state index contributed by atoms with van der Waals surface area (Å²) in [6, 6.07) is 1.35. The van der Waals surface area contributed by atoms with Gasteiger partial charge in [0, 0.05) is 5.56 Å². The van der Waals surface area contributed by atoms with Crippen molar-refractivity contribution in [2.24, 2.45) is 0 Å². The molecule has 1 N–H and O–H groups in total.